The lowest BCUT2D eigenvalue weighted by Gasteiger charge is -2.33. The van der Waals surface area contributed by atoms with Gasteiger partial charge in [-0.1, -0.05) is 24.3 Å². The molecule has 0 radical (unpaired) electrons. The van der Waals surface area contributed by atoms with E-state index in [-0.39, 0.29) is 17.8 Å². The number of benzene rings is 2. The molecule has 1 aliphatic rings. The van der Waals surface area contributed by atoms with Crippen molar-refractivity contribution in [2.24, 2.45) is 5.92 Å². The van der Waals surface area contributed by atoms with E-state index in [2.05, 4.69) is 9.97 Å². The van der Waals surface area contributed by atoms with Crippen LogP contribution in [-0.4, -0.2) is 54.5 Å². The van der Waals surface area contributed by atoms with E-state index in [1.165, 1.54) is 16.8 Å². The Morgan fingerprint density at radius 2 is 1.82 bits per heavy atom. The second-order valence-electron chi connectivity index (χ2n) is 11.0. The third-order valence-corrected chi connectivity index (χ3v) is 6.94. The van der Waals surface area contributed by atoms with Crippen LogP contribution >= 0.6 is 0 Å². The molecule has 4 aromatic rings. The number of piperidine rings is 1. The molecule has 9 heteroatoms. The predicted octanol–water partition coefficient (Wildman–Crippen LogP) is 5.57. The number of rotatable bonds is 6. The summed E-state index contributed by atoms with van der Waals surface area (Å²) < 4.78 is 20.4. The first-order valence-corrected chi connectivity index (χ1v) is 13.1. The number of carbonyl (C=O) groups excluding carboxylic acids is 1. The number of nitrogens with one attached hydrogen (secondary N) is 1. The van der Waals surface area contributed by atoms with Gasteiger partial charge in [0.2, 0.25) is 11.8 Å². The number of amides is 1. The van der Waals surface area contributed by atoms with Crippen molar-refractivity contribution in [3.63, 3.8) is 0 Å². The van der Waals surface area contributed by atoms with Crippen LogP contribution in [0.2, 0.25) is 0 Å². The molecule has 0 saturated carbocycles. The molecule has 1 fully saturated rings. The fourth-order valence-electron chi connectivity index (χ4n) is 4.93. The van der Waals surface area contributed by atoms with Gasteiger partial charge in [-0.25, -0.2) is 14.2 Å². The average molecular weight is 520 g/mol. The van der Waals surface area contributed by atoms with Gasteiger partial charge in [-0.3, -0.25) is 0 Å². The topological polar surface area (TPSA) is 96.3 Å². The quantitative estimate of drug-likeness (QED) is 0.347. The lowest BCUT2D eigenvalue weighted by molar-refractivity contribution is 0.0184. The van der Waals surface area contributed by atoms with Gasteiger partial charge >= 0.3 is 6.09 Å². The number of nitrogens with zero attached hydrogens (tertiary/aromatic N) is 4. The van der Waals surface area contributed by atoms with Gasteiger partial charge in [0.15, 0.2) is 0 Å². The van der Waals surface area contributed by atoms with E-state index >= 15 is 0 Å². The number of imidazole rings is 1. The van der Waals surface area contributed by atoms with E-state index in [1.54, 1.807) is 17.0 Å². The Bertz CT molecular complexity index is 1380. The molecule has 1 aliphatic heterocycles. The number of aryl methyl sites for hydroxylation is 1. The zero-order valence-electron chi connectivity index (χ0n) is 22.1. The summed E-state index contributed by atoms with van der Waals surface area (Å²) in [5, 5.41) is 16.1. The highest BCUT2D eigenvalue weighted by atomic mass is 19.1. The van der Waals surface area contributed by atoms with E-state index in [4.69, 9.17) is 9.84 Å². The first kappa shape index (κ1) is 25.8. The number of H-pyrrole nitrogens is 1. The van der Waals surface area contributed by atoms with Crippen molar-refractivity contribution in [3.8, 4) is 11.8 Å². The Morgan fingerprint density at radius 3 is 2.50 bits per heavy atom. The molecular weight excluding hydrogens is 485 g/mol. The van der Waals surface area contributed by atoms with E-state index < -0.39 is 5.60 Å². The SMILES string of the molecule is CC(C)(C)OC(=O)N1CCC(Cc2nn(-c3nc4ccccc4[nH]3)c(O)c2CCc2ccc(F)cc2)CC1. The molecule has 200 valence electrons. The van der Waals surface area contributed by atoms with Gasteiger partial charge in [0, 0.05) is 18.7 Å². The number of likely N-dealkylation sites (tertiary alicyclic amines) is 1. The minimum atomic E-state index is -0.519. The largest absolute Gasteiger partial charge is 0.493 e. The molecule has 0 unspecified atom stereocenters. The van der Waals surface area contributed by atoms with Gasteiger partial charge in [-0.2, -0.15) is 9.78 Å². The number of halogens is 1. The fourth-order valence-corrected chi connectivity index (χ4v) is 4.93. The van der Waals surface area contributed by atoms with E-state index in [9.17, 15) is 14.3 Å². The number of fused-ring (bicyclic) bond motifs is 1. The molecule has 1 saturated heterocycles. The maximum atomic E-state index is 13.4. The minimum absolute atomic E-state index is 0.0624. The van der Waals surface area contributed by atoms with Crippen molar-refractivity contribution in [1.82, 2.24) is 24.6 Å². The number of aromatic hydroxyl groups is 1. The molecule has 0 atom stereocenters. The maximum absolute atomic E-state index is 13.4. The summed E-state index contributed by atoms with van der Waals surface area (Å²) >= 11 is 0. The van der Waals surface area contributed by atoms with E-state index in [1.807, 2.05) is 45.0 Å². The van der Waals surface area contributed by atoms with Crippen LogP contribution in [-0.2, 0) is 24.0 Å². The van der Waals surface area contributed by atoms with Gasteiger partial charge in [0.25, 0.3) is 0 Å². The van der Waals surface area contributed by atoms with Gasteiger partial charge in [0.1, 0.15) is 11.4 Å². The van der Waals surface area contributed by atoms with Crippen molar-refractivity contribution in [1.29, 1.82) is 0 Å². The number of aromatic amines is 1. The zero-order valence-corrected chi connectivity index (χ0v) is 22.1. The van der Waals surface area contributed by atoms with Crippen LogP contribution in [0.3, 0.4) is 0 Å². The third kappa shape index (κ3) is 5.82. The van der Waals surface area contributed by atoms with Gasteiger partial charge in [0.05, 0.1) is 16.7 Å². The van der Waals surface area contributed by atoms with Crippen molar-refractivity contribution in [2.75, 3.05) is 13.1 Å². The predicted molar refractivity (Wildman–Crippen MR) is 143 cm³/mol. The van der Waals surface area contributed by atoms with E-state index in [0.717, 1.165) is 40.7 Å². The van der Waals surface area contributed by atoms with Crippen LogP contribution in [0.5, 0.6) is 5.88 Å². The molecule has 0 bridgehead atoms. The molecule has 1 amide bonds. The summed E-state index contributed by atoms with van der Waals surface area (Å²) in [6, 6.07) is 14.1. The summed E-state index contributed by atoms with van der Waals surface area (Å²) in [5.74, 6) is 0.564. The Kier molecular flexibility index (Phi) is 7.10. The maximum Gasteiger partial charge on any atom is 0.410 e. The summed E-state index contributed by atoms with van der Waals surface area (Å²) in [4.78, 5) is 22.1. The van der Waals surface area contributed by atoms with Crippen molar-refractivity contribution in [2.45, 2.75) is 58.5 Å². The summed E-state index contributed by atoms with van der Waals surface area (Å²) in [6.07, 6.45) is 3.27. The van der Waals surface area contributed by atoms with Crippen LogP contribution in [0, 0.1) is 11.7 Å². The number of carbonyl (C=O) groups is 1. The zero-order chi connectivity index (χ0) is 26.9. The molecule has 8 nitrogen and oxygen atoms in total. The highest BCUT2D eigenvalue weighted by molar-refractivity contribution is 5.76. The molecule has 2 aromatic heterocycles. The van der Waals surface area contributed by atoms with Crippen LogP contribution < -0.4 is 0 Å². The van der Waals surface area contributed by atoms with Crippen LogP contribution in [0.15, 0.2) is 48.5 Å². The Balaban J connectivity index is 1.36. The third-order valence-electron chi connectivity index (χ3n) is 6.94. The molecule has 38 heavy (non-hydrogen) atoms. The molecule has 2 aromatic carbocycles. The standard InChI is InChI=1S/C29H34FN5O3/c1-29(2,3)38-28(37)34-16-14-20(15-17-34)18-25-22(13-10-19-8-11-21(30)12-9-19)26(36)35(33-25)27-31-23-6-4-5-7-24(23)32-27/h4-9,11-12,20,36H,10,13-18H2,1-3H3,(H,31,32). The smallest absolute Gasteiger partial charge is 0.410 e. The fraction of sp³-hybridized carbons (Fsp3) is 0.414. The van der Waals surface area contributed by atoms with Gasteiger partial charge in [-0.05, 0) is 88.6 Å². The molecule has 2 N–H and O–H groups in total. The Morgan fingerprint density at radius 1 is 1.11 bits per heavy atom. The Hall–Kier alpha value is -3.88. The highest BCUT2D eigenvalue weighted by Gasteiger charge is 2.29. The number of ether oxygens (including phenoxy) is 1. The summed E-state index contributed by atoms with van der Waals surface area (Å²) in [5.41, 5.74) is 3.71. The summed E-state index contributed by atoms with van der Waals surface area (Å²) in [6.45, 7) is 6.86. The molecule has 3 heterocycles. The van der Waals surface area contributed by atoms with Crippen LogP contribution in [0.4, 0.5) is 9.18 Å². The number of aromatic nitrogens is 4. The van der Waals surface area contributed by atoms with Crippen LogP contribution in [0.1, 0.15) is 50.4 Å². The monoisotopic (exact) mass is 519 g/mol. The number of hydrogen-bond donors (Lipinski definition) is 2. The van der Waals surface area contributed by atoms with Gasteiger partial charge < -0.3 is 19.7 Å². The number of hydrogen-bond acceptors (Lipinski definition) is 5. The first-order chi connectivity index (χ1) is 18.2. The second kappa shape index (κ2) is 10.5. The molecule has 0 spiro atoms. The van der Waals surface area contributed by atoms with Crippen molar-refractivity contribution >= 4 is 17.1 Å². The first-order valence-electron chi connectivity index (χ1n) is 13.1. The van der Waals surface area contributed by atoms with Crippen LogP contribution in [0.25, 0.3) is 17.0 Å². The number of para-hydroxylation sites is 2. The van der Waals surface area contributed by atoms with Crippen molar-refractivity contribution in [3.05, 3.63) is 71.2 Å². The summed E-state index contributed by atoms with van der Waals surface area (Å²) in [7, 11) is 0. The van der Waals surface area contributed by atoms with Gasteiger partial charge in [-0.15, -0.1) is 0 Å². The normalized spacial score (nSPS) is 14.8. The van der Waals surface area contributed by atoms with E-state index in [0.29, 0.717) is 44.2 Å². The molecular formula is C29H34FN5O3. The molecule has 5 rings (SSSR count). The van der Waals surface area contributed by atoms with Crippen molar-refractivity contribution < 1.29 is 19.0 Å². The Labute approximate surface area is 221 Å². The minimum Gasteiger partial charge on any atom is -0.493 e. The molecule has 0 aliphatic carbocycles. The average Bonchev–Trinajstić information content (AvgIpc) is 3.44. The lowest BCUT2D eigenvalue weighted by Crippen LogP contribution is -2.42. The lowest BCUT2D eigenvalue weighted by atomic mass is 9.90. The second-order valence-corrected chi connectivity index (χ2v) is 11.0. The highest BCUT2D eigenvalue weighted by Crippen LogP contribution is 2.31.